The van der Waals surface area contributed by atoms with Crippen molar-refractivity contribution in [3.05, 3.63) is 45.9 Å². The summed E-state index contributed by atoms with van der Waals surface area (Å²) in [4.78, 5) is 16.8. The van der Waals surface area contributed by atoms with Crippen LogP contribution in [0, 0.1) is 0 Å². The lowest BCUT2D eigenvalue weighted by atomic mass is 10.1. The fraction of sp³-hybridized carbons (Fsp3) is 0.286. The third-order valence-electron chi connectivity index (χ3n) is 2.82. The van der Waals surface area contributed by atoms with Crippen molar-refractivity contribution in [2.75, 3.05) is 18.5 Å². The van der Waals surface area contributed by atoms with Crippen LogP contribution >= 0.6 is 22.9 Å². The van der Waals surface area contributed by atoms with Crippen molar-refractivity contribution in [1.29, 1.82) is 0 Å². The van der Waals surface area contributed by atoms with Gasteiger partial charge >= 0.3 is 0 Å². The molecule has 0 bridgehead atoms. The Kier molecular flexibility index (Phi) is 5.55. The van der Waals surface area contributed by atoms with E-state index in [0.29, 0.717) is 15.0 Å². The summed E-state index contributed by atoms with van der Waals surface area (Å²) in [6.45, 7) is 2.52. The van der Waals surface area contributed by atoms with E-state index in [2.05, 4.69) is 15.6 Å². The number of carbonyl (C=O) groups excluding carboxylic acids is 1. The quantitative estimate of drug-likeness (QED) is 0.763. The van der Waals surface area contributed by atoms with Crippen molar-refractivity contribution in [3.8, 4) is 0 Å². The molecular formula is C14H16ClN3O2S. The van der Waals surface area contributed by atoms with E-state index >= 15 is 0 Å². The van der Waals surface area contributed by atoms with Crippen molar-refractivity contribution in [2.24, 2.45) is 0 Å². The minimum atomic E-state index is -0.473. The highest BCUT2D eigenvalue weighted by atomic mass is 35.5. The second-order valence-corrected chi connectivity index (χ2v) is 5.79. The highest BCUT2D eigenvalue weighted by molar-refractivity contribution is 7.17. The summed E-state index contributed by atoms with van der Waals surface area (Å²) in [5.74, 6) is -0.259. The lowest BCUT2D eigenvalue weighted by Crippen LogP contribution is -2.30. The molecule has 0 aliphatic rings. The molecule has 0 spiro atoms. The Morgan fingerprint density at radius 2 is 2.14 bits per heavy atom. The summed E-state index contributed by atoms with van der Waals surface area (Å²) in [6.07, 6.45) is 1.52. The minimum absolute atomic E-state index is 0.188. The third kappa shape index (κ3) is 4.17. The van der Waals surface area contributed by atoms with E-state index in [4.69, 9.17) is 11.6 Å². The fourth-order valence-corrected chi connectivity index (χ4v) is 2.68. The lowest BCUT2D eigenvalue weighted by molar-refractivity contribution is 0.0920. The Bertz CT molecular complexity index is 601. The molecule has 2 aromatic rings. The first-order chi connectivity index (χ1) is 10.1. The maximum absolute atomic E-state index is 12.2. The Hall–Kier alpha value is -1.63. The van der Waals surface area contributed by atoms with Gasteiger partial charge in [-0.3, -0.25) is 4.79 Å². The Balaban J connectivity index is 2.06. The van der Waals surface area contributed by atoms with Crippen LogP contribution in [0.3, 0.4) is 0 Å². The number of aromatic nitrogens is 1. The number of amides is 1. The van der Waals surface area contributed by atoms with Gasteiger partial charge in [0.1, 0.15) is 4.88 Å². The molecule has 112 valence electrons. The zero-order valence-corrected chi connectivity index (χ0v) is 13.0. The van der Waals surface area contributed by atoms with Gasteiger partial charge in [0.25, 0.3) is 5.91 Å². The highest BCUT2D eigenvalue weighted by Gasteiger charge is 2.17. The Morgan fingerprint density at radius 3 is 2.76 bits per heavy atom. The van der Waals surface area contributed by atoms with Gasteiger partial charge in [0.15, 0.2) is 5.13 Å². The van der Waals surface area contributed by atoms with Crippen LogP contribution in [0.5, 0.6) is 0 Å². The average molecular weight is 326 g/mol. The number of aliphatic hydroxyl groups excluding tert-OH is 1. The molecule has 0 aliphatic heterocycles. The number of halogens is 1. The predicted molar refractivity (Wildman–Crippen MR) is 85.0 cm³/mol. The van der Waals surface area contributed by atoms with Gasteiger partial charge < -0.3 is 15.7 Å². The van der Waals surface area contributed by atoms with E-state index in [1.807, 2.05) is 6.92 Å². The van der Waals surface area contributed by atoms with Gasteiger partial charge in [0.05, 0.1) is 18.8 Å². The third-order valence-corrected chi connectivity index (χ3v) is 4.02. The largest absolute Gasteiger partial charge is 0.394 e. The lowest BCUT2D eigenvalue weighted by Gasteiger charge is -2.16. The fourth-order valence-electron chi connectivity index (χ4n) is 1.77. The molecule has 5 nitrogen and oxygen atoms in total. The molecule has 0 saturated heterocycles. The summed E-state index contributed by atoms with van der Waals surface area (Å²) >= 11 is 7.11. The zero-order chi connectivity index (χ0) is 15.2. The Labute approximate surface area is 132 Å². The molecular weight excluding hydrogens is 310 g/mol. The number of hydrogen-bond donors (Lipinski definition) is 3. The summed E-state index contributed by atoms with van der Waals surface area (Å²) in [5.41, 5.74) is 0.798. The number of benzene rings is 1. The van der Waals surface area contributed by atoms with E-state index in [1.54, 1.807) is 24.3 Å². The van der Waals surface area contributed by atoms with Gasteiger partial charge in [-0.25, -0.2) is 4.98 Å². The number of nitrogens with zero attached hydrogens (tertiary/aromatic N) is 1. The van der Waals surface area contributed by atoms with Crippen LogP contribution in [0.4, 0.5) is 5.13 Å². The van der Waals surface area contributed by atoms with Crippen molar-refractivity contribution in [2.45, 2.75) is 13.0 Å². The molecule has 7 heteroatoms. The first kappa shape index (κ1) is 15.8. The van der Waals surface area contributed by atoms with E-state index in [-0.39, 0.29) is 12.5 Å². The SMILES string of the molecule is CCNc1ncc(C(=O)NC(CO)c2ccc(Cl)cc2)s1. The number of rotatable bonds is 6. The summed E-state index contributed by atoms with van der Waals surface area (Å²) in [6, 6.07) is 6.53. The van der Waals surface area contributed by atoms with Crippen LogP contribution in [0.1, 0.15) is 28.2 Å². The van der Waals surface area contributed by atoms with Crippen molar-refractivity contribution in [3.63, 3.8) is 0 Å². The molecule has 21 heavy (non-hydrogen) atoms. The number of aliphatic hydroxyl groups is 1. The normalized spacial score (nSPS) is 12.0. The van der Waals surface area contributed by atoms with Gasteiger partial charge in [-0.1, -0.05) is 35.1 Å². The number of nitrogens with one attached hydrogen (secondary N) is 2. The van der Waals surface area contributed by atoms with Crippen LogP contribution in [-0.4, -0.2) is 29.1 Å². The highest BCUT2D eigenvalue weighted by Crippen LogP contribution is 2.20. The molecule has 0 saturated carbocycles. The van der Waals surface area contributed by atoms with Crippen molar-refractivity contribution < 1.29 is 9.90 Å². The Morgan fingerprint density at radius 1 is 1.43 bits per heavy atom. The minimum Gasteiger partial charge on any atom is -0.394 e. The summed E-state index contributed by atoms with van der Waals surface area (Å²) in [7, 11) is 0. The van der Waals surface area contributed by atoms with Crippen molar-refractivity contribution in [1.82, 2.24) is 10.3 Å². The first-order valence-electron chi connectivity index (χ1n) is 6.51. The van der Waals surface area contributed by atoms with E-state index < -0.39 is 6.04 Å². The molecule has 1 aromatic carbocycles. The number of thiazole rings is 1. The molecule has 1 atom stereocenters. The molecule has 0 radical (unpaired) electrons. The van der Waals surface area contributed by atoms with E-state index in [0.717, 1.165) is 12.1 Å². The molecule has 1 unspecified atom stereocenters. The summed E-state index contributed by atoms with van der Waals surface area (Å²) in [5, 5.41) is 16.6. The smallest absolute Gasteiger partial charge is 0.263 e. The number of carbonyl (C=O) groups is 1. The number of hydrogen-bond acceptors (Lipinski definition) is 5. The molecule has 3 N–H and O–H groups in total. The molecule has 1 heterocycles. The monoisotopic (exact) mass is 325 g/mol. The molecule has 2 rings (SSSR count). The van der Waals surface area contributed by atoms with Crippen LogP contribution in [0.25, 0.3) is 0 Å². The summed E-state index contributed by atoms with van der Waals surface area (Å²) < 4.78 is 0. The maximum Gasteiger partial charge on any atom is 0.263 e. The van der Waals surface area contributed by atoms with E-state index in [9.17, 15) is 9.90 Å². The van der Waals surface area contributed by atoms with Crippen LogP contribution in [0.2, 0.25) is 5.02 Å². The van der Waals surface area contributed by atoms with Gasteiger partial charge in [0.2, 0.25) is 0 Å². The van der Waals surface area contributed by atoms with E-state index in [1.165, 1.54) is 17.5 Å². The van der Waals surface area contributed by atoms with Gasteiger partial charge in [-0.2, -0.15) is 0 Å². The van der Waals surface area contributed by atoms with Crippen LogP contribution in [0.15, 0.2) is 30.5 Å². The van der Waals surface area contributed by atoms with Gasteiger partial charge in [-0.15, -0.1) is 0 Å². The second-order valence-electron chi connectivity index (χ2n) is 4.32. The standard InChI is InChI=1S/C14H16ClN3O2S/c1-2-16-14-17-7-12(21-14)13(20)18-11(8-19)9-3-5-10(15)6-4-9/h3-7,11,19H,2,8H2,1H3,(H,16,17)(H,18,20). The maximum atomic E-state index is 12.2. The average Bonchev–Trinajstić information content (AvgIpc) is 2.95. The topological polar surface area (TPSA) is 74.2 Å². The first-order valence-corrected chi connectivity index (χ1v) is 7.70. The van der Waals surface area contributed by atoms with Crippen LogP contribution in [-0.2, 0) is 0 Å². The zero-order valence-electron chi connectivity index (χ0n) is 11.5. The van der Waals surface area contributed by atoms with Crippen LogP contribution < -0.4 is 10.6 Å². The van der Waals surface area contributed by atoms with Gasteiger partial charge in [0, 0.05) is 11.6 Å². The molecule has 1 aromatic heterocycles. The number of anilines is 1. The predicted octanol–water partition coefficient (Wildman–Crippen LogP) is 2.69. The molecule has 1 amide bonds. The molecule has 0 aliphatic carbocycles. The van der Waals surface area contributed by atoms with Gasteiger partial charge in [-0.05, 0) is 24.6 Å². The second kappa shape index (κ2) is 7.40. The molecule has 0 fully saturated rings. The van der Waals surface area contributed by atoms with Crippen molar-refractivity contribution >= 4 is 34.0 Å².